The normalized spacial score (nSPS) is 13.1. The second-order valence-electron chi connectivity index (χ2n) is 5.12. The summed E-state index contributed by atoms with van der Waals surface area (Å²) in [7, 11) is 2.16. The number of rotatable bonds is 5. The van der Waals surface area contributed by atoms with Crippen LogP contribution in [0.2, 0.25) is 0 Å². The molecule has 0 spiro atoms. The highest BCUT2D eigenvalue weighted by atomic mass is 32.2. The number of hydrogen-bond donors (Lipinski definition) is 1. The largest absolute Gasteiger partial charge is 0.398 e. The van der Waals surface area contributed by atoms with Gasteiger partial charge in [-0.2, -0.15) is 11.8 Å². The number of anilines is 1. The van der Waals surface area contributed by atoms with E-state index in [4.69, 9.17) is 5.73 Å². The summed E-state index contributed by atoms with van der Waals surface area (Å²) in [5.74, 6) is 1.14. The maximum atomic E-state index is 6.18. The minimum atomic E-state index is 0.556. The molecule has 1 atom stereocenters. The summed E-state index contributed by atoms with van der Waals surface area (Å²) in [4.78, 5) is 2.36. The Kier molecular flexibility index (Phi) is 4.72. The van der Waals surface area contributed by atoms with Gasteiger partial charge in [0.25, 0.3) is 0 Å². The Bertz CT molecular complexity index is 553. The number of thioether (sulfide) groups is 1. The molecule has 2 nitrogen and oxygen atoms in total. The van der Waals surface area contributed by atoms with E-state index >= 15 is 0 Å². The predicted octanol–water partition coefficient (Wildman–Crippen LogP) is 3.61. The maximum Gasteiger partial charge on any atom is 0.0366 e. The topological polar surface area (TPSA) is 29.3 Å². The van der Waals surface area contributed by atoms with E-state index in [1.54, 1.807) is 0 Å². The van der Waals surface area contributed by atoms with E-state index in [9.17, 15) is 0 Å². The van der Waals surface area contributed by atoms with Crippen molar-refractivity contribution in [1.82, 2.24) is 4.90 Å². The summed E-state index contributed by atoms with van der Waals surface area (Å²) in [5.41, 5.74) is 8.28. The van der Waals surface area contributed by atoms with Gasteiger partial charge < -0.3 is 5.73 Å². The van der Waals surface area contributed by atoms with Crippen molar-refractivity contribution in [2.75, 3.05) is 24.8 Å². The highest BCUT2D eigenvalue weighted by molar-refractivity contribution is 7.98. The molecule has 0 amide bonds. The van der Waals surface area contributed by atoms with Crippen molar-refractivity contribution in [2.45, 2.75) is 19.5 Å². The Morgan fingerprint density at radius 3 is 2.47 bits per heavy atom. The fourth-order valence-corrected chi connectivity index (χ4v) is 2.97. The van der Waals surface area contributed by atoms with E-state index in [2.05, 4.69) is 55.5 Å². The molecule has 1 unspecified atom stereocenters. The number of fused-ring (bicyclic) bond motifs is 1. The third-order valence-corrected chi connectivity index (χ3v) is 4.40. The lowest BCUT2D eigenvalue weighted by molar-refractivity contribution is 0.270. The summed E-state index contributed by atoms with van der Waals surface area (Å²) in [6.45, 7) is 3.16. The highest BCUT2D eigenvalue weighted by Gasteiger charge is 2.11. The van der Waals surface area contributed by atoms with Crippen LogP contribution in [-0.4, -0.2) is 30.0 Å². The highest BCUT2D eigenvalue weighted by Crippen LogP contribution is 2.23. The van der Waals surface area contributed by atoms with E-state index in [-0.39, 0.29) is 0 Å². The lowest BCUT2D eigenvalue weighted by Gasteiger charge is -2.24. The van der Waals surface area contributed by atoms with Crippen molar-refractivity contribution in [3.63, 3.8) is 0 Å². The first-order valence-electron chi connectivity index (χ1n) is 6.58. The van der Waals surface area contributed by atoms with Crippen LogP contribution >= 0.6 is 11.8 Å². The molecule has 0 aliphatic carbocycles. The number of hydrogen-bond acceptors (Lipinski definition) is 3. The molecule has 0 bridgehead atoms. The van der Waals surface area contributed by atoms with E-state index in [1.165, 1.54) is 16.3 Å². The third kappa shape index (κ3) is 3.43. The van der Waals surface area contributed by atoms with Crippen LogP contribution in [0.5, 0.6) is 0 Å². The van der Waals surface area contributed by atoms with Gasteiger partial charge in [-0.05, 0) is 48.7 Å². The fourth-order valence-electron chi connectivity index (χ4n) is 2.23. The first-order valence-corrected chi connectivity index (χ1v) is 7.97. The van der Waals surface area contributed by atoms with E-state index in [1.807, 2.05) is 17.8 Å². The van der Waals surface area contributed by atoms with Crippen LogP contribution in [0.25, 0.3) is 10.8 Å². The molecule has 0 saturated carbocycles. The predicted molar refractivity (Wildman–Crippen MR) is 87.7 cm³/mol. The molecular weight excluding hydrogens is 252 g/mol. The Morgan fingerprint density at radius 1 is 1.21 bits per heavy atom. The van der Waals surface area contributed by atoms with Crippen molar-refractivity contribution in [3.05, 3.63) is 42.0 Å². The van der Waals surface area contributed by atoms with E-state index < -0.39 is 0 Å². The van der Waals surface area contributed by atoms with Crippen molar-refractivity contribution in [1.29, 1.82) is 0 Å². The van der Waals surface area contributed by atoms with Gasteiger partial charge in [0.15, 0.2) is 0 Å². The third-order valence-electron chi connectivity index (χ3n) is 3.59. The molecule has 2 rings (SSSR count). The summed E-state index contributed by atoms with van der Waals surface area (Å²) in [6, 6.07) is 13.2. The maximum absolute atomic E-state index is 6.18. The molecule has 0 aliphatic heterocycles. The monoisotopic (exact) mass is 274 g/mol. The molecule has 0 aromatic heterocycles. The number of benzene rings is 2. The Balaban J connectivity index is 2.22. The van der Waals surface area contributed by atoms with Crippen molar-refractivity contribution >= 4 is 28.2 Å². The number of nitrogens with zero attached hydrogens (tertiary/aromatic N) is 1. The first-order chi connectivity index (χ1) is 9.11. The van der Waals surface area contributed by atoms with Crippen LogP contribution in [0.4, 0.5) is 5.69 Å². The van der Waals surface area contributed by atoms with Crippen LogP contribution in [0.15, 0.2) is 36.4 Å². The minimum absolute atomic E-state index is 0.556. The molecule has 2 N–H and O–H groups in total. The Hall–Kier alpha value is -1.19. The molecule has 102 valence electrons. The van der Waals surface area contributed by atoms with Crippen LogP contribution < -0.4 is 5.73 Å². The standard InChI is InChI=1S/C16H22N2S/c1-12(11-19-3)18(2)10-15-8-13-6-4-5-7-14(13)9-16(15)17/h4-9,12H,10-11,17H2,1-3H3. The molecule has 0 aliphatic rings. The molecule has 3 heteroatoms. The molecule has 0 saturated heterocycles. The van der Waals surface area contributed by atoms with Crippen molar-refractivity contribution in [2.24, 2.45) is 0 Å². The molecule has 2 aromatic carbocycles. The van der Waals surface area contributed by atoms with Crippen LogP contribution in [0.3, 0.4) is 0 Å². The van der Waals surface area contributed by atoms with E-state index in [0.717, 1.165) is 18.0 Å². The van der Waals surface area contributed by atoms with Gasteiger partial charge in [0.1, 0.15) is 0 Å². The van der Waals surface area contributed by atoms with Gasteiger partial charge in [0.2, 0.25) is 0 Å². The summed E-state index contributed by atoms with van der Waals surface area (Å²) >= 11 is 1.88. The van der Waals surface area contributed by atoms with Gasteiger partial charge in [-0.15, -0.1) is 0 Å². The molecule has 0 radical (unpaired) electrons. The van der Waals surface area contributed by atoms with Gasteiger partial charge in [0, 0.05) is 24.0 Å². The zero-order valence-electron chi connectivity index (χ0n) is 11.9. The average molecular weight is 274 g/mol. The molecule has 0 heterocycles. The van der Waals surface area contributed by atoms with Crippen molar-refractivity contribution < 1.29 is 0 Å². The van der Waals surface area contributed by atoms with Gasteiger partial charge in [-0.1, -0.05) is 24.3 Å². The van der Waals surface area contributed by atoms with Crippen LogP contribution in [-0.2, 0) is 6.54 Å². The Labute approximate surface area is 120 Å². The van der Waals surface area contributed by atoms with Gasteiger partial charge >= 0.3 is 0 Å². The van der Waals surface area contributed by atoms with Gasteiger partial charge in [0.05, 0.1) is 0 Å². The number of nitrogen functional groups attached to an aromatic ring is 1. The lowest BCUT2D eigenvalue weighted by Crippen LogP contribution is -2.30. The second-order valence-corrected chi connectivity index (χ2v) is 6.03. The van der Waals surface area contributed by atoms with E-state index in [0.29, 0.717) is 6.04 Å². The van der Waals surface area contributed by atoms with Crippen LogP contribution in [0, 0.1) is 0 Å². The fraction of sp³-hybridized carbons (Fsp3) is 0.375. The zero-order valence-corrected chi connectivity index (χ0v) is 12.7. The van der Waals surface area contributed by atoms with Crippen LogP contribution in [0.1, 0.15) is 12.5 Å². The van der Waals surface area contributed by atoms with Gasteiger partial charge in [-0.3, -0.25) is 4.90 Å². The molecule has 2 aromatic rings. The Morgan fingerprint density at radius 2 is 1.84 bits per heavy atom. The summed E-state index contributed by atoms with van der Waals surface area (Å²) < 4.78 is 0. The molecular formula is C16H22N2S. The minimum Gasteiger partial charge on any atom is -0.398 e. The number of nitrogens with two attached hydrogens (primary N) is 1. The first kappa shape index (κ1) is 14.2. The molecule has 19 heavy (non-hydrogen) atoms. The summed E-state index contributed by atoms with van der Waals surface area (Å²) in [5, 5.41) is 2.47. The van der Waals surface area contributed by atoms with Gasteiger partial charge in [-0.25, -0.2) is 0 Å². The second kappa shape index (κ2) is 6.31. The average Bonchev–Trinajstić information content (AvgIpc) is 2.39. The summed E-state index contributed by atoms with van der Waals surface area (Å²) in [6.07, 6.45) is 2.15. The van der Waals surface area contributed by atoms with Crippen molar-refractivity contribution in [3.8, 4) is 0 Å². The smallest absolute Gasteiger partial charge is 0.0366 e. The SMILES string of the molecule is CSCC(C)N(C)Cc1cc2ccccc2cc1N. The quantitative estimate of drug-likeness (QED) is 0.845. The lowest BCUT2D eigenvalue weighted by atomic mass is 10.0. The zero-order chi connectivity index (χ0) is 13.8. The molecule has 0 fully saturated rings.